The maximum atomic E-state index is 13.5. The fraction of sp³-hybridized carbons (Fsp3) is 0.159. The maximum Gasteiger partial charge on any atom is 0.317 e. The minimum atomic E-state index is -5.44. The van der Waals surface area contributed by atoms with Gasteiger partial charge in [0.05, 0.1) is 18.0 Å². The third-order valence-corrected chi connectivity index (χ3v) is 12.1. The van der Waals surface area contributed by atoms with E-state index in [-0.39, 0.29) is 28.5 Å². The molecule has 1 aliphatic heterocycles. The lowest BCUT2D eigenvalue weighted by atomic mass is 9.92. The first-order chi connectivity index (χ1) is 28.6. The van der Waals surface area contributed by atoms with Crippen LogP contribution >= 0.6 is 27.4 Å². The highest BCUT2D eigenvalue weighted by Crippen LogP contribution is 2.50. The van der Waals surface area contributed by atoms with Crippen molar-refractivity contribution < 1.29 is 52.4 Å². The summed E-state index contributed by atoms with van der Waals surface area (Å²) in [4.78, 5) is 61.9. The molecule has 1 aliphatic rings. The minimum absolute atomic E-state index is 0.139. The van der Waals surface area contributed by atoms with Crippen LogP contribution < -0.4 is 33.4 Å². The summed E-state index contributed by atoms with van der Waals surface area (Å²) in [7, 11) is -5.05. The third kappa shape index (κ3) is 9.53. The van der Waals surface area contributed by atoms with E-state index >= 15 is 0 Å². The zero-order chi connectivity index (χ0) is 42.8. The number of phosphoric acid groups is 2. The van der Waals surface area contributed by atoms with E-state index in [0.29, 0.717) is 34.6 Å². The Morgan fingerprint density at radius 2 is 1.27 bits per heavy atom. The topological polar surface area (TPSA) is 195 Å². The van der Waals surface area contributed by atoms with Crippen LogP contribution in [0.3, 0.4) is 0 Å². The lowest BCUT2D eigenvalue weighted by Crippen LogP contribution is -2.45. The number of aliphatic hydroxyl groups is 1. The molecule has 0 bridgehead atoms. The van der Waals surface area contributed by atoms with Gasteiger partial charge in [-0.3, -0.25) is 9.36 Å². The lowest BCUT2D eigenvalue weighted by Gasteiger charge is -2.33. The number of carbonyl (C=O) groups is 1. The van der Waals surface area contributed by atoms with Gasteiger partial charge in [-0.2, -0.15) is 0 Å². The van der Waals surface area contributed by atoms with Crippen LogP contribution in [0.2, 0.25) is 0 Å². The molecule has 0 aliphatic carbocycles. The third-order valence-electron chi connectivity index (χ3n) is 9.87. The zero-order valence-electron chi connectivity index (χ0n) is 32.5. The number of likely N-dealkylation sites (N-methyl/N-ethyl adjacent to an activating group) is 1. The summed E-state index contributed by atoms with van der Waals surface area (Å²) in [6.07, 6.45) is -1.16. The van der Waals surface area contributed by atoms with E-state index in [4.69, 9.17) is 13.8 Å². The first-order valence-corrected chi connectivity index (χ1v) is 22.4. The number of anilines is 1. The van der Waals surface area contributed by atoms with Gasteiger partial charge in [-0.25, -0.2) is 0 Å². The molecule has 1 heterocycles. The minimum Gasteiger partial charge on any atom is -0.780 e. The van der Waals surface area contributed by atoms with Gasteiger partial charge in [-0.05, 0) is 83.0 Å². The highest BCUT2D eigenvalue weighted by Gasteiger charge is 2.36. The van der Waals surface area contributed by atoms with Crippen molar-refractivity contribution >= 4 is 71.3 Å². The predicted octanol–water partition coefficient (Wildman–Crippen LogP) is 6.66. The number of carbonyl (C=O) groups excluding carboxylic acids is 1. The number of hydrogen-bond donors (Lipinski definition) is 2. The van der Waals surface area contributed by atoms with Crippen molar-refractivity contribution in [3.8, 4) is 28.4 Å². The first kappa shape index (κ1) is 42.9. The van der Waals surface area contributed by atoms with Gasteiger partial charge >= 0.3 is 7.82 Å². The fourth-order valence-electron chi connectivity index (χ4n) is 7.21. The van der Waals surface area contributed by atoms with Crippen LogP contribution in [0, 0.1) is 0 Å². The molecule has 7 aromatic rings. The van der Waals surface area contributed by atoms with Crippen LogP contribution in [0.15, 0.2) is 138 Å². The monoisotopic (exact) mass is 865 g/mol. The summed E-state index contributed by atoms with van der Waals surface area (Å²) in [6.45, 7) is 1.22. The molecule has 3 atom stereocenters. The number of hydrogen-bond acceptors (Lipinski definition) is 12. The quantitative estimate of drug-likeness (QED) is 0.139. The van der Waals surface area contributed by atoms with E-state index in [0.717, 1.165) is 32.7 Å². The van der Waals surface area contributed by atoms with Gasteiger partial charge in [-0.15, -0.1) is 11.8 Å². The number of rotatable bonds is 10. The van der Waals surface area contributed by atoms with Crippen LogP contribution in [0.4, 0.5) is 5.69 Å². The number of thioether (sulfide) groups is 1. The number of methoxy groups -OCH3 is 1. The van der Waals surface area contributed by atoms with Crippen molar-refractivity contribution in [2.45, 2.75) is 16.2 Å². The molecule has 0 radical (unpaired) electrons. The first-order valence-electron chi connectivity index (χ1n) is 18.6. The second kappa shape index (κ2) is 17.8. The van der Waals surface area contributed by atoms with Gasteiger partial charge in [0.2, 0.25) is 0 Å². The normalized spacial score (nSPS) is 16.5. The molecular formula is C44H39N2O11P2S-3. The summed E-state index contributed by atoms with van der Waals surface area (Å²) < 4.78 is 37.6. The lowest BCUT2D eigenvalue weighted by molar-refractivity contribution is -0.333. The second-order valence-electron chi connectivity index (χ2n) is 14.1. The number of nitrogens with zero attached hydrogens (tertiary/aromatic N) is 2. The Hall–Kier alpha value is -5.24. The van der Waals surface area contributed by atoms with Gasteiger partial charge in [0.1, 0.15) is 31.2 Å². The van der Waals surface area contributed by atoms with Crippen molar-refractivity contribution in [3.05, 3.63) is 139 Å². The number of phosphoric ester groups is 2. The summed E-state index contributed by atoms with van der Waals surface area (Å²) in [6, 6.07) is 39.3. The Bertz CT molecular complexity index is 2680. The second-order valence-corrected chi connectivity index (χ2v) is 17.5. The van der Waals surface area contributed by atoms with Crippen LogP contribution in [0.5, 0.6) is 17.2 Å². The highest BCUT2D eigenvalue weighted by atomic mass is 32.2. The standard InChI is InChI=1S/C24H26N2O3S.C20H16O8P2/c1-25(2)14-15-26-19-8-4-6-16-7-5-9-20(21(16)19)30-23(22(27)24(26)28)17-10-12-18(29-3)13-11-17;21-29(22,23)27-17-11-9-13-5-1-3-7-15(13)19(17)20-16-8-4-2-6-14(16)10-12-18(20)28-30(24,25)26/h4-13,22-23,27H,14-15H2,1-3H3;1-12H,(H2,21,22,23)(H2,24,25,26)/p-3. The summed E-state index contributed by atoms with van der Waals surface area (Å²) in [5.41, 5.74) is 2.04. The Kier molecular flexibility index (Phi) is 12.7. The molecule has 16 heteroatoms. The van der Waals surface area contributed by atoms with Crippen molar-refractivity contribution in [1.82, 2.24) is 4.90 Å². The molecule has 3 unspecified atom stereocenters. The largest absolute Gasteiger partial charge is 0.780 e. The fourth-order valence-corrected chi connectivity index (χ4v) is 9.31. The summed E-state index contributed by atoms with van der Waals surface area (Å²) >= 11 is 1.54. The SMILES string of the molecule is COc1ccc(C2Sc3cccc4cccc(c34)N(CCN(C)C)C(=O)C2O)cc1.O=P([O-])([O-])Oc1ccc2ccccc2c1-c1c(OP(=O)([O-])O)ccc2ccccc12. The molecule has 60 heavy (non-hydrogen) atoms. The van der Waals surface area contributed by atoms with Crippen molar-refractivity contribution in [2.24, 2.45) is 0 Å². The average molecular weight is 866 g/mol. The van der Waals surface area contributed by atoms with E-state index in [1.54, 1.807) is 72.7 Å². The van der Waals surface area contributed by atoms with Crippen LogP contribution in [-0.4, -0.2) is 61.2 Å². The van der Waals surface area contributed by atoms with Crippen LogP contribution in [-0.2, 0) is 13.9 Å². The Morgan fingerprint density at radius 1 is 0.717 bits per heavy atom. The van der Waals surface area contributed by atoms with Crippen LogP contribution in [0.1, 0.15) is 10.8 Å². The van der Waals surface area contributed by atoms with E-state index in [1.165, 1.54) is 23.9 Å². The molecule has 0 aromatic heterocycles. The van der Waals surface area contributed by atoms with Crippen molar-refractivity contribution in [3.63, 3.8) is 0 Å². The van der Waals surface area contributed by atoms with Gasteiger partial charge in [-0.1, -0.05) is 97.1 Å². The highest BCUT2D eigenvalue weighted by molar-refractivity contribution is 7.99. The molecular weight excluding hydrogens is 827 g/mol. The molecule has 0 spiro atoms. The summed E-state index contributed by atoms with van der Waals surface area (Å²) in [5, 5.41) is 15.3. The summed E-state index contributed by atoms with van der Waals surface area (Å²) in [5.74, 6) is -0.0630. The van der Waals surface area contributed by atoms with Crippen molar-refractivity contribution in [1.29, 1.82) is 0 Å². The molecule has 0 fully saturated rings. The smallest absolute Gasteiger partial charge is 0.317 e. The van der Waals surface area contributed by atoms with E-state index in [1.807, 2.05) is 61.5 Å². The van der Waals surface area contributed by atoms with Gasteiger partial charge in [0, 0.05) is 34.5 Å². The number of ether oxygens (including phenoxy) is 1. The Labute approximate surface area is 350 Å². The Balaban J connectivity index is 0.000000181. The molecule has 310 valence electrons. The zero-order valence-corrected chi connectivity index (χ0v) is 35.1. The average Bonchev–Trinajstić information content (AvgIpc) is 3.21. The molecule has 1 amide bonds. The molecule has 0 saturated heterocycles. The van der Waals surface area contributed by atoms with Gasteiger partial charge in [0.25, 0.3) is 5.91 Å². The Morgan fingerprint density at radius 3 is 1.82 bits per heavy atom. The van der Waals surface area contributed by atoms with E-state index in [2.05, 4.69) is 18.2 Å². The maximum absolute atomic E-state index is 13.5. The number of benzene rings is 7. The molecule has 0 saturated carbocycles. The molecule has 2 N–H and O–H groups in total. The van der Waals surface area contributed by atoms with Crippen molar-refractivity contribution in [2.75, 3.05) is 39.2 Å². The van der Waals surface area contributed by atoms with Crippen LogP contribution in [0.25, 0.3) is 43.4 Å². The number of amides is 1. The predicted molar refractivity (Wildman–Crippen MR) is 228 cm³/mol. The molecule has 13 nitrogen and oxygen atoms in total. The van der Waals surface area contributed by atoms with Gasteiger partial charge in [0.15, 0.2) is 0 Å². The van der Waals surface area contributed by atoms with E-state index in [9.17, 15) is 38.6 Å². The van der Waals surface area contributed by atoms with Gasteiger partial charge < -0.3 is 52.8 Å². The number of fused-ring (bicyclic) bond motifs is 2. The molecule has 7 aromatic carbocycles. The molecule has 8 rings (SSSR count). The number of aliphatic hydroxyl groups excluding tert-OH is 1. The van der Waals surface area contributed by atoms with E-state index < -0.39 is 27.0 Å².